The van der Waals surface area contributed by atoms with E-state index in [1.165, 1.54) is 18.3 Å². The molecule has 8 heteroatoms. The SMILES string of the molecule is CCC(=O)N[C@H]1CC[C@@H](N(C)C(=O)c2ccc(-c3ccc4[nH]ccc4c3C(F)(F)F)cc2)C1. The van der Waals surface area contributed by atoms with Crippen molar-refractivity contribution in [3.05, 3.63) is 59.8 Å². The summed E-state index contributed by atoms with van der Waals surface area (Å²) in [6.45, 7) is 1.80. The number of aromatic amines is 1. The first-order valence-electron chi connectivity index (χ1n) is 11.0. The van der Waals surface area contributed by atoms with Crippen LogP contribution in [-0.4, -0.2) is 40.8 Å². The Morgan fingerprint density at radius 1 is 1.09 bits per heavy atom. The highest BCUT2D eigenvalue weighted by Gasteiger charge is 2.36. The summed E-state index contributed by atoms with van der Waals surface area (Å²) in [5.41, 5.74) is 0.617. The fourth-order valence-corrected chi connectivity index (χ4v) is 4.61. The lowest BCUT2D eigenvalue weighted by molar-refractivity contribution is -0.135. The van der Waals surface area contributed by atoms with Gasteiger partial charge < -0.3 is 15.2 Å². The Balaban J connectivity index is 1.53. The molecule has 0 radical (unpaired) electrons. The molecule has 2 N–H and O–H groups in total. The molecule has 1 aliphatic carbocycles. The van der Waals surface area contributed by atoms with Crippen LogP contribution in [0.3, 0.4) is 0 Å². The quantitative estimate of drug-likeness (QED) is 0.541. The lowest BCUT2D eigenvalue weighted by atomic mass is 9.95. The van der Waals surface area contributed by atoms with Gasteiger partial charge in [0.15, 0.2) is 0 Å². The Hall–Kier alpha value is -3.29. The third-order valence-corrected chi connectivity index (χ3v) is 6.42. The zero-order chi connectivity index (χ0) is 23.8. The van der Waals surface area contributed by atoms with E-state index in [0.717, 1.165) is 12.8 Å². The number of hydrogen-bond acceptors (Lipinski definition) is 2. The minimum absolute atomic E-state index is 0.00118. The van der Waals surface area contributed by atoms with Crippen molar-refractivity contribution < 1.29 is 22.8 Å². The Kier molecular flexibility index (Phi) is 6.19. The molecule has 0 saturated heterocycles. The van der Waals surface area contributed by atoms with Gasteiger partial charge in [0.05, 0.1) is 5.56 Å². The third-order valence-electron chi connectivity index (χ3n) is 6.42. The predicted octanol–water partition coefficient (Wildman–Crippen LogP) is 5.37. The van der Waals surface area contributed by atoms with Crippen LogP contribution in [0.4, 0.5) is 13.2 Å². The number of rotatable bonds is 5. The third kappa shape index (κ3) is 4.60. The highest BCUT2D eigenvalue weighted by molar-refractivity contribution is 5.95. The lowest BCUT2D eigenvalue weighted by Crippen LogP contribution is -2.38. The van der Waals surface area contributed by atoms with Gasteiger partial charge >= 0.3 is 6.18 Å². The van der Waals surface area contributed by atoms with E-state index < -0.39 is 11.7 Å². The highest BCUT2D eigenvalue weighted by atomic mass is 19.4. The molecule has 4 rings (SSSR count). The molecule has 1 heterocycles. The van der Waals surface area contributed by atoms with Crippen molar-refractivity contribution in [3.63, 3.8) is 0 Å². The molecule has 0 aliphatic heterocycles. The summed E-state index contributed by atoms with van der Waals surface area (Å²) in [5, 5.41) is 3.09. The molecule has 0 spiro atoms. The van der Waals surface area contributed by atoms with Crippen LogP contribution in [0, 0.1) is 0 Å². The van der Waals surface area contributed by atoms with Gasteiger partial charge in [0.1, 0.15) is 0 Å². The number of halogens is 3. The number of fused-ring (bicyclic) bond motifs is 1. The zero-order valence-corrected chi connectivity index (χ0v) is 18.5. The number of alkyl halides is 3. The number of hydrogen-bond donors (Lipinski definition) is 2. The van der Waals surface area contributed by atoms with E-state index in [2.05, 4.69) is 10.3 Å². The molecule has 2 amide bonds. The standard InChI is InChI=1S/C25H26F3N3O2/c1-3-22(32)30-17-8-9-18(14-17)31(2)24(33)16-6-4-15(5-7-16)19-10-11-21-20(12-13-29-21)23(19)25(26,27)28/h4-7,10-13,17-18,29H,3,8-9,14H2,1-2H3,(H,30,32)/t17-,18+/m0/s1. The Labute approximate surface area is 190 Å². The molecule has 0 bridgehead atoms. The topological polar surface area (TPSA) is 65.2 Å². The van der Waals surface area contributed by atoms with E-state index in [-0.39, 0.29) is 34.8 Å². The summed E-state index contributed by atoms with van der Waals surface area (Å²) in [5.74, 6) is -0.188. The van der Waals surface area contributed by atoms with E-state index in [1.54, 1.807) is 49.2 Å². The first-order valence-corrected chi connectivity index (χ1v) is 11.0. The van der Waals surface area contributed by atoms with E-state index >= 15 is 0 Å². The van der Waals surface area contributed by atoms with E-state index in [9.17, 15) is 22.8 Å². The van der Waals surface area contributed by atoms with Crippen LogP contribution < -0.4 is 5.32 Å². The van der Waals surface area contributed by atoms with Crippen LogP contribution in [0.15, 0.2) is 48.7 Å². The second-order valence-electron chi connectivity index (χ2n) is 8.50. The van der Waals surface area contributed by atoms with E-state index in [0.29, 0.717) is 29.5 Å². The molecular formula is C25H26F3N3O2. The van der Waals surface area contributed by atoms with Crippen molar-refractivity contribution in [3.8, 4) is 11.1 Å². The highest BCUT2D eigenvalue weighted by Crippen LogP contribution is 2.41. The summed E-state index contributed by atoms with van der Waals surface area (Å²) in [6.07, 6.45) is -0.303. The van der Waals surface area contributed by atoms with E-state index in [4.69, 9.17) is 0 Å². The van der Waals surface area contributed by atoms with Gasteiger partial charge in [-0.25, -0.2) is 0 Å². The van der Waals surface area contributed by atoms with Gasteiger partial charge in [-0.15, -0.1) is 0 Å². The number of amides is 2. The molecule has 33 heavy (non-hydrogen) atoms. The van der Waals surface area contributed by atoms with Crippen LogP contribution in [0.1, 0.15) is 48.5 Å². The van der Waals surface area contributed by atoms with Crippen LogP contribution in [0.5, 0.6) is 0 Å². The van der Waals surface area contributed by atoms with Crippen LogP contribution in [0.25, 0.3) is 22.0 Å². The van der Waals surface area contributed by atoms with E-state index in [1.807, 2.05) is 0 Å². The van der Waals surface area contributed by atoms with Crippen LogP contribution in [0.2, 0.25) is 0 Å². The van der Waals surface area contributed by atoms with Gasteiger partial charge in [0.2, 0.25) is 5.91 Å². The Morgan fingerprint density at radius 3 is 2.48 bits per heavy atom. The van der Waals surface area contributed by atoms with Crippen molar-refractivity contribution in [2.45, 2.75) is 50.9 Å². The average Bonchev–Trinajstić information content (AvgIpc) is 3.46. The number of nitrogens with one attached hydrogen (secondary N) is 2. The molecule has 2 aromatic carbocycles. The number of carbonyl (C=O) groups excluding carboxylic acids is 2. The first-order chi connectivity index (χ1) is 15.7. The summed E-state index contributed by atoms with van der Waals surface area (Å²) in [6, 6.07) is 10.8. The second kappa shape index (κ2) is 8.92. The van der Waals surface area contributed by atoms with Gasteiger partial charge in [0.25, 0.3) is 5.91 Å². The van der Waals surface area contributed by atoms with Crippen molar-refractivity contribution in [2.75, 3.05) is 7.05 Å². The number of benzene rings is 2. The summed E-state index contributed by atoms with van der Waals surface area (Å²) in [4.78, 5) is 29.1. The first kappa shape index (κ1) is 22.9. The fourth-order valence-electron chi connectivity index (χ4n) is 4.61. The molecular weight excluding hydrogens is 431 g/mol. The summed E-state index contributed by atoms with van der Waals surface area (Å²) >= 11 is 0. The minimum Gasteiger partial charge on any atom is -0.361 e. The van der Waals surface area contributed by atoms with Gasteiger partial charge in [0, 0.05) is 48.2 Å². The molecule has 1 aromatic heterocycles. The van der Waals surface area contributed by atoms with Crippen LogP contribution >= 0.6 is 0 Å². The molecule has 0 unspecified atom stereocenters. The van der Waals surface area contributed by atoms with Crippen LogP contribution in [-0.2, 0) is 11.0 Å². The second-order valence-corrected chi connectivity index (χ2v) is 8.50. The molecule has 3 aromatic rings. The summed E-state index contributed by atoms with van der Waals surface area (Å²) in [7, 11) is 1.73. The maximum Gasteiger partial charge on any atom is 0.417 e. The molecule has 1 aliphatic rings. The van der Waals surface area contributed by atoms with Gasteiger partial charge in [-0.1, -0.05) is 25.1 Å². The van der Waals surface area contributed by atoms with Crippen molar-refractivity contribution in [1.82, 2.24) is 15.2 Å². The predicted molar refractivity (Wildman–Crippen MR) is 121 cm³/mol. The monoisotopic (exact) mass is 457 g/mol. The zero-order valence-electron chi connectivity index (χ0n) is 18.5. The summed E-state index contributed by atoms with van der Waals surface area (Å²) < 4.78 is 41.6. The van der Waals surface area contributed by atoms with Crippen molar-refractivity contribution >= 4 is 22.7 Å². The maximum atomic E-state index is 13.9. The Bertz CT molecular complexity index is 1170. The van der Waals surface area contributed by atoms with Crippen molar-refractivity contribution in [2.24, 2.45) is 0 Å². The minimum atomic E-state index is -4.52. The largest absolute Gasteiger partial charge is 0.417 e. The number of aromatic nitrogens is 1. The number of carbonyl (C=O) groups is 2. The fraction of sp³-hybridized carbons (Fsp3) is 0.360. The number of nitrogens with zero attached hydrogens (tertiary/aromatic N) is 1. The maximum absolute atomic E-state index is 13.9. The molecule has 1 fully saturated rings. The molecule has 174 valence electrons. The van der Waals surface area contributed by atoms with Gasteiger partial charge in [-0.3, -0.25) is 9.59 Å². The number of H-pyrrole nitrogens is 1. The van der Waals surface area contributed by atoms with Crippen molar-refractivity contribution in [1.29, 1.82) is 0 Å². The normalized spacial score (nSPS) is 18.5. The molecule has 5 nitrogen and oxygen atoms in total. The van der Waals surface area contributed by atoms with Gasteiger partial charge in [-0.2, -0.15) is 13.2 Å². The van der Waals surface area contributed by atoms with Gasteiger partial charge in [-0.05, 0) is 54.7 Å². The molecule has 2 atom stereocenters. The lowest BCUT2D eigenvalue weighted by Gasteiger charge is -2.25. The molecule has 1 saturated carbocycles. The average molecular weight is 457 g/mol. The Morgan fingerprint density at radius 2 is 1.82 bits per heavy atom. The smallest absolute Gasteiger partial charge is 0.361 e.